The minimum absolute atomic E-state index is 0.0166. The molecule has 3 rings (SSSR count). The predicted octanol–water partition coefficient (Wildman–Crippen LogP) is 3.96. The zero-order chi connectivity index (χ0) is 19.2. The third-order valence-electron chi connectivity index (χ3n) is 4.17. The Labute approximate surface area is 159 Å². The van der Waals surface area contributed by atoms with E-state index < -0.39 is 0 Å². The number of anilines is 3. The van der Waals surface area contributed by atoms with E-state index in [1.54, 1.807) is 6.20 Å². The molecule has 140 valence electrons. The summed E-state index contributed by atoms with van der Waals surface area (Å²) in [7, 11) is 0. The minimum atomic E-state index is -0.0166. The number of aliphatic hydroxyl groups is 1. The van der Waals surface area contributed by atoms with E-state index in [0.29, 0.717) is 17.5 Å². The first-order chi connectivity index (χ1) is 13.1. The maximum Gasteiger partial charge on any atom is 0.221 e. The maximum atomic E-state index is 8.85. The van der Waals surface area contributed by atoms with Crippen molar-refractivity contribution in [2.45, 2.75) is 19.8 Å². The average Bonchev–Trinajstić information content (AvgIpc) is 2.67. The van der Waals surface area contributed by atoms with E-state index in [-0.39, 0.29) is 19.2 Å². The van der Waals surface area contributed by atoms with Gasteiger partial charge in [0.15, 0.2) is 0 Å². The maximum absolute atomic E-state index is 8.85. The molecule has 27 heavy (non-hydrogen) atoms. The van der Waals surface area contributed by atoms with Gasteiger partial charge in [-0.2, -0.15) is 4.98 Å². The van der Waals surface area contributed by atoms with Crippen LogP contribution in [-0.4, -0.2) is 28.3 Å². The summed E-state index contributed by atoms with van der Waals surface area (Å²) in [5.74, 6) is 2.03. The second-order valence-corrected chi connectivity index (χ2v) is 6.49. The minimum Gasteiger partial charge on any atom is -0.491 e. The molecule has 6 heteroatoms. The van der Waals surface area contributed by atoms with Gasteiger partial charge in [0.05, 0.1) is 6.61 Å². The second-order valence-electron chi connectivity index (χ2n) is 6.49. The molecule has 0 aliphatic heterocycles. The predicted molar refractivity (Wildman–Crippen MR) is 108 cm³/mol. The number of benzene rings is 2. The summed E-state index contributed by atoms with van der Waals surface area (Å²) >= 11 is 0. The largest absolute Gasteiger partial charge is 0.491 e. The summed E-state index contributed by atoms with van der Waals surface area (Å²) in [5.41, 5.74) is 9.78. The molecule has 0 aliphatic rings. The van der Waals surface area contributed by atoms with Gasteiger partial charge in [-0.25, -0.2) is 4.98 Å². The van der Waals surface area contributed by atoms with Crippen LogP contribution in [0.15, 0.2) is 54.7 Å². The van der Waals surface area contributed by atoms with Crippen molar-refractivity contribution in [1.29, 1.82) is 0 Å². The number of hydrogen-bond donors (Lipinski definition) is 3. The van der Waals surface area contributed by atoms with E-state index >= 15 is 0 Å². The lowest BCUT2D eigenvalue weighted by Crippen LogP contribution is -2.03. The zero-order valence-corrected chi connectivity index (χ0v) is 15.5. The number of nitrogens with zero attached hydrogens (tertiary/aromatic N) is 2. The third-order valence-corrected chi connectivity index (χ3v) is 4.17. The number of rotatable bonds is 7. The van der Waals surface area contributed by atoms with Gasteiger partial charge >= 0.3 is 0 Å². The van der Waals surface area contributed by atoms with Crippen LogP contribution in [0.25, 0.3) is 11.1 Å². The molecule has 1 aromatic heterocycles. The van der Waals surface area contributed by atoms with E-state index in [2.05, 4.69) is 41.3 Å². The molecule has 1 heterocycles. The van der Waals surface area contributed by atoms with Crippen LogP contribution in [-0.2, 0) is 0 Å². The Morgan fingerprint density at radius 2 is 1.78 bits per heavy atom. The average molecular weight is 364 g/mol. The third kappa shape index (κ3) is 4.74. The molecule has 0 bridgehead atoms. The number of aliphatic hydroxyl groups excluding tert-OH is 1. The van der Waals surface area contributed by atoms with Crippen molar-refractivity contribution < 1.29 is 9.84 Å². The Balaban J connectivity index is 1.86. The molecule has 0 amide bonds. The van der Waals surface area contributed by atoms with Crippen molar-refractivity contribution in [2.75, 3.05) is 24.3 Å². The van der Waals surface area contributed by atoms with Crippen LogP contribution in [0.4, 0.5) is 17.5 Å². The molecule has 2 aromatic carbocycles. The summed E-state index contributed by atoms with van der Waals surface area (Å²) in [5, 5.41) is 12.2. The van der Waals surface area contributed by atoms with Gasteiger partial charge in [-0.05, 0) is 41.3 Å². The monoisotopic (exact) mass is 364 g/mol. The Morgan fingerprint density at radius 3 is 2.41 bits per heavy atom. The van der Waals surface area contributed by atoms with Crippen LogP contribution >= 0.6 is 0 Å². The molecule has 0 saturated heterocycles. The van der Waals surface area contributed by atoms with E-state index in [1.807, 2.05) is 36.4 Å². The van der Waals surface area contributed by atoms with Gasteiger partial charge in [-0.1, -0.05) is 38.1 Å². The highest BCUT2D eigenvalue weighted by atomic mass is 16.5. The van der Waals surface area contributed by atoms with Crippen molar-refractivity contribution in [3.63, 3.8) is 0 Å². The van der Waals surface area contributed by atoms with Crippen molar-refractivity contribution in [1.82, 2.24) is 9.97 Å². The van der Waals surface area contributed by atoms with Gasteiger partial charge in [-0.3, -0.25) is 0 Å². The molecule has 0 atom stereocenters. The Morgan fingerprint density at radius 1 is 1.07 bits per heavy atom. The molecule has 4 N–H and O–H groups in total. The van der Waals surface area contributed by atoms with Gasteiger partial charge in [0, 0.05) is 17.4 Å². The van der Waals surface area contributed by atoms with E-state index in [0.717, 1.165) is 16.8 Å². The van der Waals surface area contributed by atoms with E-state index in [4.69, 9.17) is 15.6 Å². The van der Waals surface area contributed by atoms with Crippen molar-refractivity contribution in [2.24, 2.45) is 0 Å². The number of nitrogens with one attached hydrogen (secondary N) is 1. The number of ether oxygens (including phenoxy) is 1. The molecular formula is C21H24N4O2. The summed E-state index contributed by atoms with van der Waals surface area (Å²) in [4.78, 5) is 8.50. The lowest BCUT2D eigenvalue weighted by atomic mass is 10.0. The normalized spacial score (nSPS) is 10.8. The summed E-state index contributed by atoms with van der Waals surface area (Å²) in [6, 6.07) is 15.8. The number of aromatic nitrogens is 2. The fourth-order valence-electron chi connectivity index (χ4n) is 2.68. The van der Waals surface area contributed by atoms with E-state index in [9.17, 15) is 0 Å². The summed E-state index contributed by atoms with van der Waals surface area (Å²) in [6.07, 6.45) is 1.71. The highest BCUT2D eigenvalue weighted by Crippen LogP contribution is 2.30. The lowest BCUT2D eigenvalue weighted by molar-refractivity contribution is 0.201. The number of nitrogens with two attached hydrogens (primary N) is 1. The van der Waals surface area contributed by atoms with Crippen LogP contribution in [0.3, 0.4) is 0 Å². The first-order valence-electron chi connectivity index (χ1n) is 8.90. The molecule has 0 spiro atoms. The smallest absolute Gasteiger partial charge is 0.221 e. The quantitative estimate of drug-likeness (QED) is 0.587. The van der Waals surface area contributed by atoms with Gasteiger partial charge < -0.3 is 20.9 Å². The highest BCUT2D eigenvalue weighted by Gasteiger charge is 2.10. The van der Waals surface area contributed by atoms with Crippen LogP contribution in [0, 0.1) is 0 Å². The topological polar surface area (TPSA) is 93.3 Å². The molecule has 0 fully saturated rings. The molecule has 6 nitrogen and oxygen atoms in total. The molecule has 0 aliphatic carbocycles. The molecule has 0 saturated carbocycles. The Kier molecular flexibility index (Phi) is 5.88. The molecular weight excluding hydrogens is 340 g/mol. The Bertz CT molecular complexity index is 878. The molecule has 0 radical (unpaired) electrons. The standard InChI is InChI=1S/C21H24N4O2/c1-14(2)15-3-7-17(8-4-15)24-20-19(13-23-21(22)25-20)16-5-9-18(10-6-16)27-12-11-26/h3-10,13-14,26H,11-12H2,1-2H3,(H3,22,23,24,25). The van der Waals surface area contributed by atoms with Crippen molar-refractivity contribution >= 4 is 17.5 Å². The first-order valence-corrected chi connectivity index (χ1v) is 8.90. The van der Waals surface area contributed by atoms with Crippen LogP contribution < -0.4 is 15.8 Å². The SMILES string of the molecule is CC(C)c1ccc(Nc2nc(N)ncc2-c2ccc(OCCO)cc2)cc1. The first kappa shape index (κ1) is 18.7. The van der Waals surface area contributed by atoms with Gasteiger partial charge in [-0.15, -0.1) is 0 Å². The lowest BCUT2D eigenvalue weighted by Gasteiger charge is -2.13. The summed E-state index contributed by atoms with van der Waals surface area (Å²) in [6.45, 7) is 4.58. The van der Waals surface area contributed by atoms with Crippen molar-refractivity contribution in [3.8, 4) is 16.9 Å². The fourth-order valence-corrected chi connectivity index (χ4v) is 2.68. The van der Waals surface area contributed by atoms with Crippen molar-refractivity contribution in [3.05, 3.63) is 60.3 Å². The fraction of sp³-hybridized carbons (Fsp3) is 0.238. The molecule has 3 aromatic rings. The Hall–Kier alpha value is -3.12. The number of hydrogen-bond acceptors (Lipinski definition) is 6. The summed E-state index contributed by atoms with van der Waals surface area (Å²) < 4.78 is 5.40. The number of nitrogen functional groups attached to an aromatic ring is 1. The van der Waals surface area contributed by atoms with Crippen LogP contribution in [0.1, 0.15) is 25.3 Å². The van der Waals surface area contributed by atoms with E-state index in [1.165, 1.54) is 5.56 Å². The van der Waals surface area contributed by atoms with Gasteiger partial charge in [0.1, 0.15) is 18.2 Å². The highest BCUT2D eigenvalue weighted by molar-refractivity contribution is 5.78. The zero-order valence-electron chi connectivity index (χ0n) is 15.5. The van der Waals surface area contributed by atoms with Gasteiger partial charge in [0.25, 0.3) is 0 Å². The van der Waals surface area contributed by atoms with Gasteiger partial charge in [0.2, 0.25) is 5.95 Å². The second kappa shape index (κ2) is 8.51. The van der Waals surface area contributed by atoms with Crippen LogP contribution in [0.2, 0.25) is 0 Å². The van der Waals surface area contributed by atoms with Crippen LogP contribution in [0.5, 0.6) is 5.75 Å². The molecule has 0 unspecified atom stereocenters.